The molecule has 0 fully saturated rings. The Balaban J connectivity index is 2.18. The van der Waals surface area contributed by atoms with E-state index in [0.717, 1.165) is 16.9 Å². The molecule has 0 aliphatic heterocycles. The molecule has 0 saturated heterocycles. The molecule has 1 aromatic heterocycles. The first-order chi connectivity index (χ1) is 7.81. The van der Waals surface area contributed by atoms with Crippen molar-refractivity contribution in [2.75, 3.05) is 5.32 Å². The molecule has 0 atom stereocenters. The Hall–Kier alpha value is -2.28. The number of aryl methyl sites for hydroxylation is 1. The summed E-state index contributed by atoms with van der Waals surface area (Å²) in [4.78, 5) is 0. The van der Waals surface area contributed by atoms with Crippen molar-refractivity contribution in [3.05, 3.63) is 47.3 Å². The molecule has 0 aliphatic rings. The Morgan fingerprint density at radius 3 is 3.00 bits per heavy atom. The number of aromatic nitrogens is 2. The average molecular weight is 212 g/mol. The van der Waals surface area contributed by atoms with Crippen molar-refractivity contribution in [1.29, 1.82) is 5.26 Å². The van der Waals surface area contributed by atoms with Gasteiger partial charge in [-0.1, -0.05) is 12.1 Å². The number of nitriles is 1. The number of para-hydroxylation sites is 1. The van der Waals surface area contributed by atoms with E-state index in [9.17, 15) is 0 Å². The molecule has 0 aliphatic carbocycles. The van der Waals surface area contributed by atoms with Gasteiger partial charge in [-0.25, -0.2) is 0 Å². The van der Waals surface area contributed by atoms with E-state index in [4.69, 9.17) is 5.26 Å². The zero-order valence-electron chi connectivity index (χ0n) is 8.99. The van der Waals surface area contributed by atoms with Gasteiger partial charge in [-0.3, -0.25) is 5.10 Å². The number of benzene rings is 1. The van der Waals surface area contributed by atoms with Gasteiger partial charge in [0.2, 0.25) is 0 Å². The number of aromatic amines is 1. The summed E-state index contributed by atoms with van der Waals surface area (Å²) in [5.74, 6) is 0. The van der Waals surface area contributed by atoms with E-state index in [1.54, 1.807) is 6.20 Å². The van der Waals surface area contributed by atoms with Crippen LogP contribution in [0.5, 0.6) is 0 Å². The third-order valence-electron chi connectivity index (χ3n) is 2.41. The fraction of sp³-hybridized carbons (Fsp3) is 0.167. The van der Waals surface area contributed by atoms with Gasteiger partial charge in [-0.2, -0.15) is 10.4 Å². The monoisotopic (exact) mass is 212 g/mol. The second-order valence-electron chi connectivity index (χ2n) is 3.54. The van der Waals surface area contributed by atoms with Crippen LogP contribution < -0.4 is 5.32 Å². The summed E-state index contributed by atoms with van der Waals surface area (Å²) < 4.78 is 0. The van der Waals surface area contributed by atoms with Crippen LogP contribution in [0, 0.1) is 18.3 Å². The molecule has 0 radical (unpaired) electrons. The van der Waals surface area contributed by atoms with Crippen molar-refractivity contribution in [2.45, 2.75) is 13.5 Å². The van der Waals surface area contributed by atoms with Crippen molar-refractivity contribution >= 4 is 5.69 Å². The number of anilines is 1. The molecule has 2 rings (SSSR count). The van der Waals surface area contributed by atoms with Crippen LogP contribution in [-0.4, -0.2) is 10.2 Å². The van der Waals surface area contributed by atoms with E-state index in [-0.39, 0.29) is 0 Å². The van der Waals surface area contributed by atoms with Gasteiger partial charge in [0, 0.05) is 6.20 Å². The standard InChI is InChI=1S/C12H12N4/c1-9-3-2-4-10(7-13)12(9)14-8-11-5-6-15-16-11/h2-6,14H,8H2,1H3,(H,15,16). The minimum atomic E-state index is 0.638. The van der Waals surface area contributed by atoms with Gasteiger partial charge in [-0.05, 0) is 24.6 Å². The lowest BCUT2D eigenvalue weighted by atomic mass is 10.1. The largest absolute Gasteiger partial charge is 0.378 e. The Morgan fingerprint density at radius 2 is 2.31 bits per heavy atom. The molecule has 1 aromatic carbocycles. The zero-order valence-corrected chi connectivity index (χ0v) is 8.99. The van der Waals surface area contributed by atoms with Crippen LogP contribution in [0.1, 0.15) is 16.8 Å². The van der Waals surface area contributed by atoms with Gasteiger partial charge in [-0.15, -0.1) is 0 Å². The van der Waals surface area contributed by atoms with Gasteiger partial charge < -0.3 is 5.32 Å². The molecule has 0 spiro atoms. The maximum atomic E-state index is 8.99. The molecule has 2 aromatic rings. The highest BCUT2D eigenvalue weighted by atomic mass is 15.1. The molecule has 2 N–H and O–H groups in total. The maximum Gasteiger partial charge on any atom is 0.101 e. The summed E-state index contributed by atoms with van der Waals surface area (Å²) in [6, 6.07) is 9.75. The van der Waals surface area contributed by atoms with Crippen LogP contribution in [0.3, 0.4) is 0 Å². The first-order valence-corrected chi connectivity index (χ1v) is 5.03. The van der Waals surface area contributed by atoms with Gasteiger partial charge in [0.05, 0.1) is 23.5 Å². The summed E-state index contributed by atoms with van der Waals surface area (Å²) in [6.07, 6.45) is 1.71. The SMILES string of the molecule is Cc1cccc(C#N)c1NCc1ccn[nH]1. The fourth-order valence-corrected chi connectivity index (χ4v) is 1.56. The smallest absolute Gasteiger partial charge is 0.101 e. The van der Waals surface area contributed by atoms with Crippen LogP contribution in [0.4, 0.5) is 5.69 Å². The highest BCUT2D eigenvalue weighted by Crippen LogP contribution is 2.20. The lowest BCUT2D eigenvalue weighted by Gasteiger charge is -2.09. The van der Waals surface area contributed by atoms with Crippen molar-refractivity contribution in [1.82, 2.24) is 10.2 Å². The quantitative estimate of drug-likeness (QED) is 0.819. The number of hydrogen-bond acceptors (Lipinski definition) is 3. The molecule has 0 saturated carbocycles. The minimum absolute atomic E-state index is 0.638. The fourth-order valence-electron chi connectivity index (χ4n) is 1.56. The molecule has 16 heavy (non-hydrogen) atoms. The predicted octanol–water partition coefficient (Wildman–Crippen LogP) is 2.20. The highest BCUT2D eigenvalue weighted by Gasteiger charge is 2.04. The Kier molecular flexibility index (Phi) is 2.88. The molecule has 4 heteroatoms. The van der Waals surface area contributed by atoms with E-state index in [1.807, 2.05) is 31.2 Å². The van der Waals surface area contributed by atoms with Crippen molar-refractivity contribution in [2.24, 2.45) is 0 Å². The number of H-pyrrole nitrogens is 1. The molecular weight excluding hydrogens is 200 g/mol. The van der Waals surface area contributed by atoms with Crippen LogP contribution >= 0.6 is 0 Å². The maximum absolute atomic E-state index is 8.99. The zero-order chi connectivity index (χ0) is 11.4. The van der Waals surface area contributed by atoms with E-state index in [2.05, 4.69) is 21.6 Å². The van der Waals surface area contributed by atoms with Crippen LogP contribution in [0.2, 0.25) is 0 Å². The third-order valence-corrected chi connectivity index (χ3v) is 2.41. The lowest BCUT2D eigenvalue weighted by molar-refractivity contribution is 0.979. The predicted molar refractivity (Wildman–Crippen MR) is 61.8 cm³/mol. The Morgan fingerprint density at radius 1 is 1.44 bits per heavy atom. The number of nitrogens with zero attached hydrogens (tertiary/aromatic N) is 2. The molecule has 1 heterocycles. The summed E-state index contributed by atoms with van der Waals surface area (Å²) in [5, 5.41) is 19.0. The second kappa shape index (κ2) is 4.49. The van der Waals surface area contributed by atoms with Gasteiger partial charge in [0.15, 0.2) is 0 Å². The molecule has 0 unspecified atom stereocenters. The van der Waals surface area contributed by atoms with E-state index in [0.29, 0.717) is 12.1 Å². The van der Waals surface area contributed by atoms with Crippen molar-refractivity contribution in [3.63, 3.8) is 0 Å². The second-order valence-corrected chi connectivity index (χ2v) is 3.54. The van der Waals surface area contributed by atoms with Gasteiger partial charge in [0.25, 0.3) is 0 Å². The third kappa shape index (κ3) is 2.04. The van der Waals surface area contributed by atoms with Crippen LogP contribution in [0.15, 0.2) is 30.5 Å². The van der Waals surface area contributed by atoms with E-state index < -0.39 is 0 Å². The molecule has 4 nitrogen and oxygen atoms in total. The molecular formula is C12H12N4. The Labute approximate surface area is 93.9 Å². The summed E-state index contributed by atoms with van der Waals surface area (Å²) in [5.41, 5.74) is 3.62. The van der Waals surface area contributed by atoms with Gasteiger partial charge in [0.1, 0.15) is 6.07 Å². The molecule has 0 bridgehead atoms. The average Bonchev–Trinajstić information content (AvgIpc) is 2.80. The lowest BCUT2D eigenvalue weighted by Crippen LogP contribution is -2.03. The normalized spacial score (nSPS) is 9.75. The number of hydrogen-bond donors (Lipinski definition) is 2. The number of rotatable bonds is 3. The Bertz CT molecular complexity index is 508. The van der Waals surface area contributed by atoms with Crippen LogP contribution in [0.25, 0.3) is 0 Å². The molecule has 0 amide bonds. The summed E-state index contributed by atoms with van der Waals surface area (Å²) >= 11 is 0. The number of nitrogens with one attached hydrogen (secondary N) is 2. The van der Waals surface area contributed by atoms with Gasteiger partial charge >= 0.3 is 0 Å². The minimum Gasteiger partial charge on any atom is -0.378 e. The molecule has 80 valence electrons. The highest BCUT2D eigenvalue weighted by molar-refractivity contribution is 5.62. The topological polar surface area (TPSA) is 64.5 Å². The first kappa shape index (κ1) is 10.2. The summed E-state index contributed by atoms with van der Waals surface area (Å²) in [7, 11) is 0. The summed E-state index contributed by atoms with van der Waals surface area (Å²) in [6.45, 7) is 2.62. The van der Waals surface area contributed by atoms with E-state index >= 15 is 0 Å². The van der Waals surface area contributed by atoms with Crippen molar-refractivity contribution < 1.29 is 0 Å². The first-order valence-electron chi connectivity index (χ1n) is 5.03. The van der Waals surface area contributed by atoms with Crippen molar-refractivity contribution in [3.8, 4) is 6.07 Å². The van der Waals surface area contributed by atoms with E-state index in [1.165, 1.54) is 0 Å². The van der Waals surface area contributed by atoms with Crippen LogP contribution in [-0.2, 0) is 6.54 Å².